The highest BCUT2D eigenvalue weighted by Gasteiger charge is 2.27. The van der Waals surface area contributed by atoms with Gasteiger partial charge in [-0.3, -0.25) is 18.6 Å². The first kappa shape index (κ1) is 55.0. The van der Waals surface area contributed by atoms with Crippen LogP contribution in [0.5, 0.6) is 0 Å². The van der Waals surface area contributed by atoms with Crippen LogP contribution in [0.1, 0.15) is 239 Å². The molecule has 334 valence electrons. The third-order valence-electron chi connectivity index (χ3n) is 10.6. The number of nitrogens with two attached hydrogens (primary N) is 1. The quantitative estimate of drug-likeness (QED) is 0.0307. The first-order chi connectivity index (χ1) is 27.2. The lowest BCUT2D eigenvalue weighted by Gasteiger charge is -2.20. The average molecular weight is 820 g/mol. The van der Waals surface area contributed by atoms with Gasteiger partial charge in [0, 0.05) is 13.0 Å². The zero-order valence-electron chi connectivity index (χ0n) is 36.5. The topological polar surface area (TPSA) is 155 Å². The third-order valence-corrected chi connectivity index (χ3v) is 11.6. The Hall–Kier alpha value is -1.03. The molecule has 0 bridgehead atoms. The second-order valence-corrected chi connectivity index (χ2v) is 17.7. The van der Waals surface area contributed by atoms with Crippen molar-refractivity contribution in [1.82, 2.24) is 0 Å². The lowest BCUT2D eigenvalue weighted by Crippen LogP contribution is -2.34. The number of carboxylic acid groups (broad SMARTS) is 1. The van der Waals surface area contributed by atoms with Gasteiger partial charge in [0.1, 0.15) is 12.1 Å². The van der Waals surface area contributed by atoms with Gasteiger partial charge in [0.05, 0.1) is 19.8 Å². The molecular weight excluding hydrogens is 729 g/mol. The molecule has 11 heteroatoms. The van der Waals surface area contributed by atoms with Gasteiger partial charge in [0.25, 0.3) is 0 Å². The van der Waals surface area contributed by atoms with E-state index in [0.29, 0.717) is 6.61 Å². The van der Waals surface area contributed by atoms with Crippen LogP contribution in [0.15, 0.2) is 0 Å². The summed E-state index contributed by atoms with van der Waals surface area (Å²) in [5.41, 5.74) is 5.36. The van der Waals surface area contributed by atoms with E-state index in [9.17, 15) is 19.0 Å². The van der Waals surface area contributed by atoms with E-state index in [2.05, 4.69) is 13.8 Å². The summed E-state index contributed by atoms with van der Waals surface area (Å²) >= 11 is 0. The number of phosphoric ester groups is 1. The highest BCUT2D eigenvalue weighted by Crippen LogP contribution is 2.43. The van der Waals surface area contributed by atoms with Crippen LogP contribution in [0, 0.1) is 0 Å². The van der Waals surface area contributed by atoms with Gasteiger partial charge < -0.3 is 25.2 Å². The molecule has 0 aliphatic carbocycles. The lowest BCUT2D eigenvalue weighted by molar-refractivity contribution is -0.154. The third kappa shape index (κ3) is 41.1. The van der Waals surface area contributed by atoms with Gasteiger partial charge in [-0.25, -0.2) is 4.57 Å². The summed E-state index contributed by atoms with van der Waals surface area (Å²) in [7, 11) is -4.61. The first-order valence-electron chi connectivity index (χ1n) is 23.6. The Labute approximate surface area is 344 Å². The number of hydrogen-bond acceptors (Lipinski definition) is 8. The molecule has 0 aromatic heterocycles. The number of ether oxygens (including phenoxy) is 2. The molecule has 0 fully saturated rings. The maximum Gasteiger partial charge on any atom is 0.472 e. The summed E-state index contributed by atoms with van der Waals surface area (Å²) in [5, 5.41) is 8.90. The zero-order chi connectivity index (χ0) is 41.2. The van der Waals surface area contributed by atoms with E-state index in [0.717, 1.165) is 38.5 Å². The minimum Gasteiger partial charge on any atom is -0.480 e. The van der Waals surface area contributed by atoms with E-state index < -0.39 is 45.1 Å². The molecule has 0 aliphatic heterocycles. The molecule has 0 saturated carbocycles. The summed E-state index contributed by atoms with van der Waals surface area (Å²) in [5.74, 6) is -1.76. The van der Waals surface area contributed by atoms with E-state index in [4.69, 9.17) is 29.4 Å². The number of aliphatic carboxylic acids is 1. The fraction of sp³-hybridized carbons (Fsp3) is 0.956. The number of hydrogen-bond donors (Lipinski definition) is 3. The van der Waals surface area contributed by atoms with Crippen molar-refractivity contribution in [3.8, 4) is 0 Å². The maximum absolute atomic E-state index is 12.7. The van der Waals surface area contributed by atoms with Crippen molar-refractivity contribution in [3.63, 3.8) is 0 Å². The van der Waals surface area contributed by atoms with Crippen LogP contribution in [0.4, 0.5) is 0 Å². The monoisotopic (exact) mass is 820 g/mol. The molecule has 0 amide bonds. The summed E-state index contributed by atoms with van der Waals surface area (Å²) in [4.78, 5) is 33.6. The molecule has 0 aromatic carbocycles. The van der Waals surface area contributed by atoms with E-state index in [-0.39, 0.29) is 13.0 Å². The molecule has 3 atom stereocenters. The van der Waals surface area contributed by atoms with Crippen molar-refractivity contribution in [1.29, 1.82) is 0 Å². The molecule has 0 saturated heterocycles. The highest BCUT2D eigenvalue weighted by molar-refractivity contribution is 7.47. The van der Waals surface area contributed by atoms with Crippen LogP contribution in [0.2, 0.25) is 0 Å². The Morgan fingerprint density at radius 2 is 0.821 bits per heavy atom. The first-order valence-corrected chi connectivity index (χ1v) is 25.1. The number of carbonyl (C=O) groups is 2. The average Bonchev–Trinajstić information content (AvgIpc) is 3.18. The van der Waals surface area contributed by atoms with Crippen LogP contribution < -0.4 is 5.73 Å². The van der Waals surface area contributed by atoms with E-state index >= 15 is 0 Å². The van der Waals surface area contributed by atoms with Crippen molar-refractivity contribution < 1.29 is 42.7 Å². The molecule has 0 aliphatic rings. The van der Waals surface area contributed by atoms with Gasteiger partial charge in [-0.05, 0) is 12.8 Å². The minimum atomic E-state index is -4.61. The molecule has 56 heavy (non-hydrogen) atoms. The van der Waals surface area contributed by atoms with Gasteiger partial charge in [-0.1, -0.05) is 219 Å². The van der Waals surface area contributed by atoms with Crippen molar-refractivity contribution in [2.45, 2.75) is 251 Å². The standard InChI is InChI=1S/C45H90NO9P/c1-3-5-7-9-11-13-15-17-19-20-21-22-23-24-25-27-29-31-33-35-37-44(47)55-42(40-53-56(50,51)54-41-43(46)45(48)49)39-52-38-36-34-32-30-28-26-18-16-14-12-10-8-6-4-2/h42-43H,3-41,46H2,1-2H3,(H,48,49)(H,50,51). The fourth-order valence-electron chi connectivity index (χ4n) is 6.96. The zero-order valence-corrected chi connectivity index (χ0v) is 37.4. The number of phosphoric acid groups is 1. The Balaban J connectivity index is 4.11. The maximum atomic E-state index is 12.7. The SMILES string of the molecule is CCCCCCCCCCCCCCCCCCCCCCC(=O)OC(COCCCCCCCCCCCCCCCC)COP(=O)(O)OCC(N)C(=O)O. The van der Waals surface area contributed by atoms with Crippen LogP contribution in [-0.2, 0) is 32.7 Å². The number of unbranched alkanes of at least 4 members (excludes halogenated alkanes) is 32. The lowest BCUT2D eigenvalue weighted by atomic mass is 10.0. The van der Waals surface area contributed by atoms with E-state index in [1.54, 1.807) is 0 Å². The van der Waals surface area contributed by atoms with Crippen molar-refractivity contribution >= 4 is 19.8 Å². The van der Waals surface area contributed by atoms with Gasteiger partial charge in [-0.15, -0.1) is 0 Å². The molecule has 0 spiro atoms. The summed E-state index contributed by atoms with van der Waals surface area (Å²) in [6.45, 7) is 3.94. The predicted molar refractivity (Wildman–Crippen MR) is 231 cm³/mol. The Kier molecular flexibility index (Phi) is 41.3. The second-order valence-electron chi connectivity index (χ2n) is 16.3. The van der Waals surface area contributed by atoms with Crippen molar-refractivity contribution in [3.05, 3.63) is 0 Å². The minimum absolute atomic E-state index is 0.0259. The Morgan fingerprint density at radius 1 is 0.500 bits per heavy atom. The number of carbonyl (C=O) groups excluding carboxylic acids is 1. The van der Waals surface area contributed by atoms with Gasteiger partial charge in [0.2, 0.25) is 0 Å². The smallest absolute Gasteiger partial charge is 0.472 e. The fourth-order valence-corrected chi connectivity index (χ4v) is 7.74. The van der Waals surface area contributed by atoms with Crippen LogP contribution in [0.3, 0.4) is 0 Å². The molecule has 0 heterocycles. The van der Waals surface area contributed by atoms with Crippen molar-refractivity contribution in [2.75, 3.05) is 26.4 Å². The Morgan fingerprint density at radius 3 is 1.18 bits per heavy atom. The highest BCUT2D eigenvalue weighted by atomic mass is 31.2. The normalized spacial score (nSPS) is 13.8. The van der Waals surface area contributed by atoms with E-state index in [1.165, 1.54) is 180 Å². The molecule has 4 N–H and O–H groups in total. The molecular formula is C45H90NO9P. The Bertz CT molecular complexity index is 909. The summed E-state index contributed by atoms with van der Waals surface area (Å²) < 4.78 is 33.4. The number of rotatable bonds is 46. The van der Waals surface area contributed by atoms with Crippen LogP contribution >= 0.6 is 7.82 Å². The molecule has 3 unspecified atom stereocenters. The predicted octanol–water partition coefficient (Wildman–Crippen LogP) is 13.2. The largest absolute Gasteiger partial charge is 0.480 e. The molecule has 0 radical (unpaired) electrons. The van der Waals surface area contributed by atoms with E-state index in [1.807, 2.05) is 0 Å². The van der Waals surface area contributed by atoms with Crippen LogP contribution in [0.25, 0.3) is 0 Å². The number of esters is 1. The summed E-state index contributed by atoms with van der Waals surface area (Å²) in [6, 6.07) is -1.47. The molecule has 0 aromatic rings. The van der Waals surface area contributed by atoms with Gasteiger partial charge in [0.15, 0.2) is 0 Å². The molecule has 0 rings (SSSR count). The van der Waals surface area contributed by atoms with Gasteiger partial charge in [-0.2, -0.15) is 0 Å². The summed E-state index contributed by atoms with van der Waals surface area (Å²) in [6.07, 6.45) is 42.9. The van der Waals surface area contributed by atoms with Crippen LogP contribution in [-0.4, -0.2) is 60.5 Å². The number of carboxylic acids is 1. The van der Waals surface area contributed by atoms with Gasteiger partial charge >= 0.3 is 19.8 Å². The van der Waals surface area contributed by atoms with Crippen molar-refractivity contribution in [2.24, 2.45) is 5.73 Å². The second kappa shape index (κ2) is 42.1. The molecule has 10 nitrogen and oxygen atoms in total.